The summed E-state index contributed by atoms with van der Waals surface area (Å²) in [6.07, 6.45) is 0. The van der Waals surface area contributed by atoms with E-state index >= 15 is 0 Å². The molecule has 0 aliphatic rings. The molecule has 134 valence electrons. The Labute approximate surface area is 164 Å². The van der Waals surface area contributed by atoms with E-state index in [9.17, 15) is 13.2 Å². The molecule has 0 aliphatic heterocycles. The van der Waals surface area contributed by atoms with E-state index in [4.69, 9.17) is 23.2 Å². The SMILES string of the molecule is CC(=O)Nc1cccc(C(C)NS(=O)(=O)c2c(Cl)cc(Br)cc2Cl)c1. The normalized spacial score (nSPS) is 12.7. The smallest absolute Gasteiger partial charge is 0.244 e. The summed E-state index contributed by atoms with van der Waals surface area (Å²) in [5.74, 6) is -0.209. The van der Waals surface area contributed by atoms with Crippen molar-refractivity contribution in [2.24, 2.45) is 0 Å². The maximum atomic E-state index is 12.7. The van der Waals surface area contributed by atoms with E-state index in [1.165, 1.54) is 19.1 Å². The zero-order valence-electron chi connectivity index (χ0n) is 13.3. The summed E-state index contributed by atoms with van der Waals surface area (Å²) >= 11 is 15.3. The van der Waals surface area contributed by atoms with Crippen LogP contribution in [0.2, 0.25) is 10.0 Å². The molecular weight excluding hydrogens is 451 g/mol. The summed E-state index contributed by atoms with van der Waals surface area (Å²) in [5, 5.41) is 2.69. The van der Waals surface area contributed by atoms with Gasteiger partial charge in [0.1, 0.15) is 4.90 Å². The Morgan fingerprint density at radius 2 is 1.76 bits per heavy atom. The molecule has 1 atom stereocenters. The first-order chi connectivity index (χ1) is 11.6. The Balaban J connectivity index is 2.31. The van der Waals surface area contributed by atoms with Crippen LogP contribution in [0.15, 0.2) is 45.8 Å². The molecule has 25 heavy (non-hydrogen) atoms. The molecule has 0 saturated carbocycles. The van der Waals surface area contributed by atoms with Crippen molar-refractivity contribution in [1.82, 2.24) is 4.72 Å². The molecule has 0 aliphatic carbocycles. The van der Waals surface area contributed by atoms with Gasteiger partial charge >= 0.3 is 0 Å². The number of anilines is 1. The minimum Gasteiger partial charge on any atom is -0.326 e. The molecule has 2 aromatic rings. The fraction of sp³-hybridized carbons (Fsp3) is 0.188. The first-order valence-corrected chi connectivity index (χ1v) is 10.2. The summed E-state index contributed by atoms with van der Waals surface area (Å²) in [4.78, 5) is 11.0. The molecule has 0 aromatic heterocycles. The lowest BCUT2D eigenvalue weighted by Crippen LogP contribution is -2.27. The number of rotatable bonds is 5. The van der Waals surface area contributed by atoms with Crippen molar-refractivity contribution in [2.75, 3.05) is 5.32 Å². The number of carbonyl (C=O) groups is 1. The standard InChI is InChI=1S/C16H15BrCl2N2O3S/c1-9(11-4-3-5-13(6-11)20-10(2)22)21-25(23,24)16-14(18)7-12(17)8-15(16)19/h3-9,21H,1-2H3,(H,20,22). The third-order valence-electron chi connectivity index (χ3n) is 3.27. The highest BCUT2D eigenvalue weighted by Gasteiger charge is 2.25. The number of hydrogen-bond acceptors (Lipinski definition) is 3. The predicted molar refractivity (Wildman–Crippen MR) is 104 cm³/mol. The Morgan fingerprint density at radius 3 is 2.32 bits per heavy atom. The number of nitrogens with one attached hydrogen (secondary N) is 2. The zero-order chi connectivity index (χ0) is 18.8. The molecule has 0 bridgehead atoms. The van der Waals surface area contributed by atoms with Crippen molar-refractivity contribution in [3.8, 4) is 0 Å². The van der Waals surface area contributed by atoms with Crippen LogP contribution in [-0.2, 0) is 14.8 Å². The van der Waals surface area contributed by atoms with Crippen molar-refractivity contribution in [3.05, 3.63) is 56.5 Å². The van der Waals surface area contributed by atoms with Crippen LogP contribution in [0.25, 0.3) is 0 Å². The fourth-order valence-electron chi connectivity index (χ4n) is 2.23. The first kappa shape index (κ1) is 20.2. The second-order valence-corrected chi connectivity index (χ2v) is 8.73. The first-order valence-electron chi connectivity index (χ1n) is 7.14. The van der Waals surface area contributed by atoms with Crippen molar-refractivity contribution in [2.45, 2.75) is 24.8 Å². The number of sulfonamides is 1. The lowest BCUT2D eigenvalue weighted by atomic mass is 10.1. The van der Waals surface area contributed by atoms with Crippen LogP contribution < -0.4 is 10.0 Å². The highest BCUT2D eigenvalue weighted by atomic mass is 79.9. The number of amides is 1. The molecule has 9 heteroatoms. The van der Waals surface area contributed by atoms with E-state index < -0.39 is 16.1 Å². The number of halogens is 3. The van der Waals surface area contributed by atoms with E-state index in [0.29, 0.717) is 15.7 Å². The molecular formula is C16H15BrCl2N2O3S. The molecule has 0 heterocycles. The Kier molecular flexibility index (Phi) is 6.51. The van der Waals surface area contributed by atoms with Crippen LogP contribution in [-0.4, -0.2) is 14.3 Å². The predicted octanol–water partition coefficient (Wildman–Crippen LogP) is 4.75. The van der Waals surface area contributed by atoms with Crippen molar-refractivity contribution >= 4 is 60.7 Å². The topological polar surface area (TPSA) is 75.3 Å². The van der Waals surface area contributed by atoms with Gasteiger partial charge in [0.25, 0.3) is 0 Å². The maximum absolute atomic E-state index is 12.7. The highest BCUT2D eigenvalue weighted by molar-refractivity contribution is 9.10. The highest BCUT2D eigenvalue weighted by Crippen LogP contribution is 2.33. The lowest BCUT2D eigenvalue weighted by Gasteiger charge is -2.17. The minimum atomic E-state index is -3.94. The molecule has 0 fully saturated rings. The summed E-state index contributed by atoms with van der Waals surface area (Å²) in [6.45, 7) is 3.08. The van der Waals surface area contributed by atoms with E-state index in [-0.39, 0.29) is 20.8 Å². The maximum Gasteiger partial charge on any atom is 0.244 e. The average molecular weight is 466 g/mol. The number of benzene rings is 2. The van der Waals surface area contributed by atoms with Gasteiger partial charge in [0, 0.05) is 23.1 Å². The third-order valence-corrected chi connectivity index (χ3v) is 6.19. The van der Waals surface area contributed by atoms with Gasteiger partial charge in [0.2, 0.25) is 15.9 Å². The molecule has 0 spiro atoms. The summed E-state index contributed by atoms with van der Waals surface area (Å²) in [5.41, 5.74) is 1.26. The van der Waals surface area contributed by atoms with E-state index in [1.807, 2.05) is 0 Å². The summed E-state index contributed by atoms with van der Waals surface area (Å²) in [6, 6.07) is 9.26. The molecule has 2 aromatic carbocycles. The lowest BCUT2D eigenvalue weighted by molar-refractivity contribution is -0.114. The van der Waals surface area contributed by atoms with Gasteiger partial charge in [-0.05, 0) is 36.8 Å². The van der Waals surface area contributed by atoms with Gasteiger partial charge < -0.3 is 5.32 Å². The van der Waals surface area contributed by atoms with Crippen LogP contribution in [0, 0.1) is 0 Å². The Morgan fingerprint density at radius 1 is 1.16 bits per heavy atom. The number of hydrogen-bond donors (Lipinski definition) is 2. The number of carbonyl (C=O) groups excluding carboxylic acids is 1. The Bertz CT molecular complexity index is 896. The molecule has 0 saturated heterocycles. The molecule has 1 amide bonds. The van der Waals surface area contributed by atoms with Gasteiger partial charge in [-0.2, -0.15) is 0 Å². The van der Waals surface area contributed by atoms with Gasteiger partial charge in [0.05, 0.1) is 10.0 Å². The fourth-order valence-corrected chi connectivity index (χ4v) is 5.40. The zero-order valence-corrected chi connectivity index (χ0v) is 17.2. The van der Waals surface area contributed by atoms with Crippen molar-refractivity contribution in [1.29, 1.82) is 0 Å². The van der Waals surface area contributed by atoms with Gasteiger partial charge in [-0.1, -0.05) is 51.3 Å². The van der Waals surface area contributed by atoms with Crippen LogP contribution >= 0.6 is 39.1 Å². The van der Waals surface area contributed by atoms with Gasteiger partial charge in [0.15, 0.2) is 0 Å². The summed E-state index contributed by atoms with van der Waals surface area (Å²) < 4.78 is 28.5. The van der Waals surface area contributed by atoms with Gasteiger partial charge in [-0.15, -0.1) is 0 Å². The molecule has 1 unspecified atom stereocenters. The third kappa shape index (κ3) is 5.18. The van der Waals surface area contributed by atoms with E-state index in [2.05, 4.69) is 26.0 Å². The molecule has 0 radical (unpaired) electrons. The van der Waals surface area contributed by atoms with Crippen molar-refractivity contribution in [3.63, 3.8) is 0 Å². The second kappa shape index (κ2) is 8.05. The second-order valence-electron chi connectivity index (χ2n) is 5.35. The van der Waals surface area contributed by atoms with Crippen LogP contribution in [0.3, 0.4) is 0 Å². The van der Waals surface area contributed by atoms with Crippen LogP contribution in [0.5, 0.6) is 0 Å². The summed E-state index contributed by atoms with van der Waals surface area (Å²) in [7, 11) is -3.94. The van der Waals surface area contributed by atoms with Crippen LogP contribution in [0.1, 0.15) is 25.5 Å². The minimum absolute atomic E-state index is 0.0195. The molecule has 5 nitrogen and oxygen atoms in total. The average Bonchev–Trinajstić information content (AvgIpc) is 2.44. The van der Waals surface area contributed by atoms with E-state index in [1.54, 1.807) is 31.2 Å². The monoisotopic (exact) mass is 464 g/mol. The molecule has 2 N–H and O–H groups in total. The quantitative estimate of drug-likeness (QED) is 0.668. The van der Waals surface area contributed by atoms with Gasteiger partial charge in [-0.3, -0.25) is 4.79 Å². The van der Waals surface area contributed by atoms with Crippen molar-refractivity contribution < 1.29 is 13.2 Å². The molecule has 2 rings (SSSR count). The Hall–Kier alpha value is -1.12. The van der Waals surface area contributed by atoms with Gasteiger partial charge in [-0.25, -0.2) is 13.1 Å². The van der Waals surface area contributed by atoms with Crippen LogP contribution in [0.4, 0.5) is 5.69 Å². The van der Waals surface area contributed by atoms with E-state index in [0.717, 1.165) is 0 Å². The largest absolute Gasteiger partial charge is 0.326 e.